The van der Waals surface area contributed by atoms with E-state index in [0.717, 1.165) is 58.0 Å². The van der Waals surface area contributed by atoms with Gasteiger partial charge in [-0.3, -0.25) is 0 Å². The minimum atomic E-state index is 0. The molecule has 28 heavy (non-hydrogen) atoms. The molecule has 4 rings (SSSR count). The average Bonchev–Trinajstić information content (AvgIpc) is 3.09. The van der Waals surface area contributed by atoms with E-state index in [1.54, 1.807) is 0 Å². The number of rotatable bonds is 6. The van der Waals surface area contributed by atoms with Crippen LogP contribution in [0.2, 0.25) is 5.02 Å². The minimum Gasteiger partial charge on any atom is -0.369 e. The highest BCUT2D eigenvalue weighted by molar-refractivity contribution is 6.30. The van der Waals surface area contributed by atoms with Gasteiger partial charge in [0.25, 0.3) is 0 Å². The fraction of sp³-hybridized carbons (Fsp3) is 0.238. The SMILES string of the molecule is CN(C)CCCNc1nc2c(-c3ccc(Cl)cc3)cnn2c2ccccc12.Cl. The first-order chi connectivity index (χ1) is 13.1. The topological polar surface area (TPSA) is 45.5 Å². The summed E-state index contributed by atoms with van der Waals surface area (Å²) in [6.45, 7) is 1.91. The Morgan fingerprint density at radius 2 is 1.82 bits per heavy atom. The Bertz CT molecular complexity index is 1070. The molecule has 0 amide bonds. The van der Waals surface area contributed by atoms with Crippen molar-refractivity contribution in [2.24, 2.45) is 0 Å². The maximum absolute atomic E-state index is 6.04. The van der Waals surface area contributed by atoms with Crippen LogP contribution < -0.4 is 5.32 Å². The largest absolute Gasteiger partial charge is 0.369 e. The molecule has 0 aliphatic heterocycles. The molecule has 1 N–H and O–H groups in total. The lowest BCUT2D eigenvalue weighted by atomic mass is 10.1. The number of hydrogen-bond donors (Lipinski definition) is 1. The van der Waals surface area contributed by atoms with Crippen molar-refractivity contribution in [2.45, 2.75) is 6.42 Å². The Hall–Kier alpha value is -2.34. The monoisotopic (exact) mass is 415 g/mol. The summed E-state index contributed by atoms with van der Waals surface area (Å²) in [7, 11) is 4.18. The lowest BCUT2D eigenvalue weighted by molar-refractivity contribution is 0.405. The van der Waals surface area contributed by atoms with Crippen LogP contribution in [0, 0.1) is 0 Å². The highest BCUT2D eigenvalue weighted by Gasteiger charge is 2.14. The molecule has 5 nitrogen and oxygen atoms in total. The van der Waals surface area contributed by atoms with Gasteiger partial charge in [0.2, 0.25) is 0 Å². The zero-order chi connectivity index (χ0) is 18.8. The summed E-state index contributed by atoms with van der Waals surface area (Å²) in [5.41, 5.74) is 3.92. The van der Waals surface area contributed by atoms with Crippen molar-refractivity contribution in [3.05, 3.63) is 59.8 Å². The second-order valence-corrected chi connectivity index (χ2v) is 7.30. The Labute approximate surface area is 175 Å². The van der Waals surface area contributed by atoms with Crippen molar-refractivity contribution in [1.82, 2.24) is 19.5 Å². The molecule has 0 aliphatic rings. The summed E-state index contributed by atoms with van der Waals surface area (Å²) < 4.78 is 1.91. The van der Waals surface area contributed by atoms with Gasteiger partial charge in [0.05, 0.1) is 11.7 Å². The number of hydrogen-bond acceptors (Lipinski definition) is 4. The molecular weight excluding hydrogens is 393 g/mol. The van der Waals surface area contributed by atoms with E-state index in [-0.39, 0.29) is 12.4 Å². The zero-order valence-corrected chi connectivity index (χ0v) is 17.5. The summed E-state index contributed by atoms with van der Waals surface area (Å²) >= 11 is 6.04. The van der Waals surface area contributed by atoms with Crippen LogP contribution in [0.25, 0.3) is 27.7 Å². The normalized spacial score (nSPS) is 11.1. The van der Waals surface area contributed by atoms with Crippen molar-refractivity contribution >= 4 is 46.4 Å². The Morgan fingerprint density at radius 1 is 1.07 bits per heavy atom. The van der Waals surface area contributed by atoms with E-state index >= 15 is 0 Å². The lowest BCUT2D eigenvalue weighted by Gasteiger charge is -2.13. The van der Waals surface area contributed by atoms with Crippen LogP contribution >= 0.6 is 24.0 Å². The molecule has 146 valence electrons. The summed E-state index contributed by atoms with van der Waals surface area (Å²) in [6.07, 6.45) is 2.92. The van der Waals surface area contributed by atoms with E-state index in [1.165, 1.54) is 0 Å². The standard InChI is InChI=1S/C21H22ClN5.ClH/c1-26(2)13-5-12-23-20-17-6-3-4-7-19(17)27-21(25-20)18(14-24-27)15-8-10-16(22)11-9-15;/h3-4,6-11,14H,5,12-13H2,1-2H3,(H,23,25);1H. The van der Waals surface area contributed by atoms with E-state index in [2.05, 4.69) is 41.5 Å². The predicted octanol–water partition coefficient (Wildman–Crippen LogP) is 4.99. The van der Waals surface area contributed by atoms with Crippen LogP contribution in [-0.2, 0) is 0 Å². The van der Waals surface area contributed by atoms with Gasteiger partial charge in [-0.1, -0.05) is 35.9 Å². The first-order valence-corrected chi connectivity index (χ1v) is 9.42. The molecule has 0 bridgehead atoms. The van der Waals surface area contributed by atoms with E-state index < -0.39 is 0 Å². The van der Waals surface area contributed by atoms with Gasteiger partial charge in [-0.15, -0.1) is 12.4 Å². The first kappa shape index (κ1) is 20.4. The molecule has 0 saturated heterocycles. The number of nitrogens with zero attached hydrogens (tertiary/aromatic N) is 4. The lowest BCUT2D eigenvalue weighted by Crippen LogP contribution is -2.17. The third-order valence-corrected chi connectivity index (χ3v) is 4.83. The highest BCUT2D eigenvalue weighted by atomic mass is 35.5. The predicted molar refractivity (Wildman–Crippen MR) is 120 cm³/mol. The number of para-hydroxylation sites is 1. The summed E-state index contributed by atoms with van der Waals surface area (Å²) in [5.74, 6) is 0.896. The Balaban J connectivity index is 0.00000225. The van der Waals surface area contributed by atoms with Gasteiger partial charge in [0, 0.05) is 22.5 Å². The van der Waals surface area contributed by atoms with Crippen molar-refractivity contribution in [3.8, 4) is 11.1 Å². The average molecular weight is 416 g/mol. The molecule has 2 aromatic carbocycles. The number of halogens is 2. The molecule has 0 radical (unpaired) electrons. The minimum absolute atomic E-state index is 0. The number of anilines is 1. The molecule has 0 unspecified atom stereocenters. The van der Waals surface area contributed by atoms with Crippen LogP contribution in [0.4, 0.5) is 5.82 Å². The molecule has 0 aliphatic carbocycles. The van der Waals surface area contributed by atoms with Crippen LogP contribution in [0.5, 0.6) is 0 Å². The quantitative estimate of drug-likeness (QED) is 0.450. The van der Waals surface area contributed by atoms with E-state index in [4.69, 9.17) is 16.6 Å². The summed E-state index contributed by atoms with van der Waals surface area (Å²) in [4.78, 5) is 7.11. The molecule has 0 spiro atoms. The van der Waals surface area contributed by atoms with E-state index in [0.29, 0.717) is 0 Å². The maximum Gasteiger partial charge on any atom is 0.165 e. The van der Waals surface area contributed by atoms with E-state index in [1.807, 2.05) is 47.1 Å². The van der Waals surface area contributed by atoms with Gasteiger partial charge in [-0.05, 0) is 56.9 Å². The third-order valence-electron chi connectivity index (χ3n) is 4.58. The van der Waals surface area contributed by atoms with E-state index in [9.17, 15) is 0 Å². The van der Waals surface area contributed by atoms with Gasteiger partial charge in [0.15, 0.2) is 5.65 Å². The summed E-state index contributed by atoms with van der Waals surface area (Å²) in [6, 6.07) is 16.0. The third kappa shape index (κ3) is 4.07. The van der Waals surface area contributed by atoms with Gasteiger partial charge < -0.3 is 10.2 Å². The molecular formula is C21H23Cl2N5. The van der Waals surface area contributed by atoms with Gasteiger partial charge >= 0.3 is 0 Å². The molecule has 2 aromatic heterocycles. The number of aromatic nitrogens is 3. The maximum atomic E-state index is 6.04. The van der Waals surface area contributed by atoms with Crippen LogP contribution in [0.3, 0.4) is 0 Å². The molecule has 4 aromatic rings. The van der Waals surface area contributed by atoms with Crippen LogP contribution in [-0.4, -0.2) is 46.7 Å². The smallest absolute Gasteiger partial charge is 0.165 e. The number of nitrogens with one attached hydrogen (secondary N) is 1. The molecule has 0 saturated carbocycles. The summed E-state index contributed by atoms with van der Waals surface area (Å²) in [5, 5.41) is 9.90. The number of fused-ring (bicyclic) bond motifs is 3. The van der Waals surface area contributed by atoms with Crippen molar-refractivity contribution < 1.29 is 0 Å². The van der Waals surface area contributed by atoms with Crippen molar-refractivity contribution in [3.63, 3.8) is 0 Å². The van der Waals surface area contributed by atoms with Gasteiger partial charge in [-0.25, -0.2) is 9.50 Å². The zero-order valence-electron chi connectivity index (χ0n) is 15.9. The first-order valence-electron chi connectivity index (χ1n) is 9.04. The molecule has 2 heterocycles. The number of benzene rings is 2. The van der Waals surface area contributed by atoms with Gasteiger partial charge in [0.1, 0.15) is 5.82 Å². The van der Waals surface area contributed by atoms with Crippen LogP contribution in [0.1, 0.15) is 6.42 Å². The molecule has 0 fully saturated rings. The second-order valence-electron chi connectivity index (χ2n) is 6.86. The molecule has 7 heteroatoms. The second kappa shape index (κ2) is 8.78. The highest BCUT2D eigenvalue weighted by Crippen LogP contribution is 2.30. The Kier molecular flexibility index (Phi) is 6.39. The fourth-order valence-electron chi connectivity index (χ4n) is 3.22. The van der Waals surface area contributed by atoms with Gasteiger partial charge in [-0.2, -0.15) is 5.10 Å². The molecule has 0 atom stereocenters. The Morgan fingerprint density at radius 3 is 2.57 bits per heavy atom. The fourth-order valence-corrected chi connectivity index (χ4v) is 3.35. The van der Waals surface area contributed by atoms with Crippen LogP contribution in [0.15, 0.2) is 54.7 Å². The van der Waals surface area contributed by atoms with Crippen molar-refractivity contribution in [1.29, 1.82) is 0 Å². The van der Waals surface area contributed by atoms with Crippen molar-refractivity contribution in [2.75, 3.05) is 32.5 Å².